The van der Waals surface area contributed by atoms with E-state index in [4.69, 9.17) is 0 Å². The molecule has 18 heavy (non-hydrogen) atoms. The molecule has 0 saturated heterocycles. The molecule has 98 valence electrons. The van der Waals surface area contributed by atoms with E-state index in [9.17, 15) is 8.42 Å². The van der Waals surface area contributed by atoms with Gasteiger partial charge >= 0.3 is 0 Å². The topological polar surface area (TPSA) is 72.0 Å². The molecule has 1 aromatic heterocycles. The highest BCUT2D eigenvalue weighted by molar-refractivity contribution is 7.92. The van der Waals surface area contributed by atoms with Crippen molar-refractivity contribution >= 4 is 15.8 Å². The molecule has 2 fully saturated rings. The van der Waals surface area contributed by atoms with Crippen molar-refractivity contribution in [3.05, 3.63) is 12.4 Å². The quantitative estimate of drug-likeness (QED) is 0.900. The van der Waals surface area contributed by atoms with Crippen LogP contribution in [0.25, 0.3) is 0 Å². The Kier molecular flexibility index (Phi) is 2.97. The van der Waals surface area contributed by atoms with Crippen LogP contribution in [0.2, 0.25) is 0 Å². The van der Waals surface area contributed by atoms with Crippen molar-refractivity contribution in [3.8, 4) is 0 Å². The van der Waals surface area contributed by atoms with Crippen molar-refractivity contribution in [1.29, 1.82) is 0 Å². The molecule has 5 nitrogen and oxygen atoms in total. The van der Waals surface area contributed by atoms with Crippen LogP contribution in [-0.4, -0.2) is 29.7 Å². The minimum atomic E-state index is -3.22. The molecule has 1 N–H and O–H groups in total. The predicted octanol–water partition coefficient (Wildman–Crippen LogP) is 1.77. The van der Waals surface area contributed by atoms with Crippen LogP contribution in [0.3, 0.4) is 0 Å². The molecule has 3 rings (SSSR count). The van der Waals surface area contributed by atoms with E-state index in [0.29, 0.717) is 12.0 Å². The highest BCUT2D eigenvalue weighted by atomic mass is 32.2. The van der Waals surface area contributed by atoms with E-state index in [0.717, 1.165) is 38.5 Å². The van der Waals surface area contributed by atoms with Gasteiger partial charge in [-0.2, -0.15) is 0 Å². The number of nitrogens with zero attached hydrogens (tertiary/aromatic N) is 2. The molecule has 0 atom stereocenters. The number of nitrogens with one attached hydrogen (secondary N) is 1. The first-order valence-corrected chi connectivity index (χ1v) is 8.03. The van der Waals surface area contributed by atoms with Gasteiger partial charge in [0.15, 0.2) is 9.84 Å². The van der Waals surface area contributed by atoms with E-state index in [1.54, 1.807) is 0 Å². The molecule has 0 unspecified atom stereocenters. The Balaban J connectivity index is 1.78. The van der Waals surface area contributed by atoms with Gasteiger partial charge in [0.1, 0.15) is 4.90 Å². The molecule has 2 aliphatic carbocycles. The largest absolute Gasteiger partial charge is 0.351 e. The van der Waals surface area contributed by atoms with Crippen molar-refractivity contribution < 1.29 is 8.42 Å². The van der Waals surface area contributed by atoms with E-state index in [1.807, 2.05) is 0 Å². The first-order chi connectivity index (χ1) is 8.66. The van der Waals surface area contributed by atoms with E-state index >= 15 is 0 Å². The molecule has 0 amide bonds. The van der Waals surface area contributed by atoms with Gasteiger partial charge in [-0.15, -0.1) is 0 Å². The summed E-state index contributed by atoms with van der Waals surface area (Å²) in [6.07, 6.45) is 8.71. The number of hydrogen-bond acceptors (Lipinski definition) is 5. The summed E-state index contributed by atoms with van der Waals surface area (Å²) in [5.74, 6) is 0.530. The maximum Gasteiger partial charge on any atom is 0.222 e. The molecule has 1 heterocycles. The molecule has 0 aromatic carbocycles. The molecule has 2 aliphatic rings. The van der Waals surface area contributed by atoms with Gasteiger partial charge in [-0.05, 0) is 25.7 Å². The van der Waals surface area contributed by atoms with Gasteiger partial charge in [0, 0.05) is 6.04 Å². The second-order valence-electron chi connectivity index (χ2n) is 5.11. The van der Waals surface area contributed by atoms with Crippen molar-refractivity contribution in [1.82, 2.24) is 9.97 Å². The highest BCUT2D eigenvalue weighted by Gasteiger charge is 2.31. The van der Waals surface area contributed by atoms with Crippen LogP contribution >= 0.6 is 0 Å². The number of aromatic nitrogens is 2. The second-order valence-corrected chi connectivity index (χ2v) is 7.34. The SMILES string of the molecule is O=S(=O)(c1cnc(NC2CC2)nc1)C1CCCC1. The minimum Gasteiger partial charge on any atom is -0.351 e. The molecule has 0 radical (unpaired) electrons. The van der Waals surface area contributed by atoms with Crippen LogP contribution in [-0.2, 0) is 9.84 Å². The summed E-state index contributed by atoms with van der Waals surface area (Å²) in [7, 11) is -3.22. The Morgan fingerprint density at radius 1 is 1.06 bits per heavy atom. The Labute approximate surface area is 107 Å². The van der Waals surface area contributed by atoms with Crippen molar-refractivity contribution in [2.75, 3.05) is 5.32 Å². The van der Waals surface area contributed by atoms with Crippen LogP contribution in [0.1, 0.15) is 38.5 Å². The van der Waals surface area contributed by atoms with Crippen molar-refractivity contribution in [2.24, 2.45) is 0 Å². The fourth-order valence-corrected chi connectivity index (χ4v) is 4.08. The standard InChI is InChI=1S/C12H17N3O2S/c16-18(17,10-3-1-2-4-10)11-7-13-12(14-8-11)15-9-5-6-9/h7-10H,1-6H2,(H,13,14,15). The predicted molar refractivity (Wildman–Crippen MR) is 68.1 cm³/mol. The smallest absolute Gasteiger partial charge is 0.222 e. The number of hydrogen-bond donors (Lipinski definition) is 1. The Bertz CT molecular complexity index is 517. The van der Waals surface area contributed by atoms with E-state index in [1.165, 1.54) is 12.4 Å². The fraction of sp³-hybridized carbons (Fsp3) is 0.667. The fourth-order valence-electron chi connectivity index (χ4n) is 2.34. The summed E-state index contributed by atoms with van der Waals surface area (Å²) in [5.41, 5.74) is 0. The Morgan fingerprint density at radius 2 is 1.67 bits per heavy atom. The number of anilines is 1. The zero-order valence-corrected chi connectivity index (χ0v) is 11.0. The third kappa shape index (κ3) is 2.34. The molecule has 1 aromatic rings. The molecule has 0 aliphatic heterocycles. The molecular formula is C12H17N3O2S. The third-order valence-corrected chi connectivity index (χ3v) is 5.83. The second kappa shape index (κ2) is 4.50. The van der Waals surface area contributed by atoms with Crippen LogP contribution < -0.4 is 5.32 Å². The molecule has 0 spiro atoms. The van der Waals surface area contributed by atoms with Gasteiger partial charge in [0.25, 0.3) is 0 Å². The van der Waals surface area contributed by atoms with Gasteiger partial charge in [0.05, 0.1) is 17.6 Å². The van der Waals surface area contributed by atoms with Gasteiger partial charge in [-0.25, -0.2) is 18.4 Å². The average Bonchev–Trinajstić information content (AvgIpc) is 2.99. The van der Waals surface area contributed by atoms with Crippen molar-refractivity contribution in [2.45, 2.75) is 54.7 Å². The summed E-state index contributed by atoms with van der Waals surface area (Å²) in [6, 6.07) is 0.474. The summed E-state index contributed by atoms with van der Waals surface area (Å²) in [5, 5.41) is 2.91. The summed E-state index contributed by atoms with van der Waals surface area (Å²) >= 11 is 0. The lowest BCUT2D eigenvalue weighted by atomic mass is 10.4. The maximum absolute atomic E-state index is 12.3. The summed E-state index contributed by atoms with van der Waals surface area (Å²) < 4.78 is 24.6. The van der Waals surface area contributed by atoms with E-state index < -0.39 is 9.84 Å². The van der Waals surface area contributed by atoms with Crippen LogP contribution in [0, 0.1) is 0 Å². The minimum absolute atomic E-state index is 0.233. The van der Waals surface area contributed by atoms with E-state index in [-0.39, 0.29) is 10.1 Å². The molecule has 0 bridgehead atoms. The van der Waals surface area contributed by atoms with Gasteiger partial charge in [-0.1, -0.05) is 12.8 Å². The number of rotatable bonds is 4. The molecule has 2 saturated carbocycles. The van der Waals surface area contributed by atoms with Crippen LogP contribution in [0.5, 0.6) is 0 Å². The number of sulfone groups is 1. The first kappa shape index (κ1) is 11.9. The normalized spacial score (nSPS) is 21.1. The monoisotopic (exact) mass is 267 g/mol. The molecule has 6 heteroatoms. The first-order valence-electron chi connectivity index (χ1n) is 6.49. The van der Waals surface area contributed by atoms with Gasteiger partial charge < -0.3 is 5.32 Å². The third-order valence-electron chi connectivity index (χ3n) is 3.61. The van der Waals surface area contributed by atoms with E-state index in [2.05, 4.69) is 15.3 Å². The Morgan fingerprint density at radius 3 is 2.22 bits per heavy atom. The maximum atomic E-state index is 12.3. The lowest BCUT2D eigenvalue weighted by molar-refractivity contribution is 0.579. The highest BCUT2D eigenvalue weighted by Crippen LogP contribution is 2.29. The van der Waals surface area contributed by atoms with Crippen LogP contribution in [0.4, 0.5) is 5.95 Å². The average molecular weight is 267 g/mol. The zero-order valence-electron chi connectivity index (χ0n) is 10.2. The lowest BCUT2D eigenvalue weighted by Gasteiger charge is -2.10. The van der Waals surface area contributed by atoms with Crippen LogP contribution in [0.15, 0.2) is 17.3 Å². The molecular weight excluding hydrogens is 250 g/mol. The Hall–Kier alpha value is -1.17. The summed E-state index contributed by atoms with van der Waals surface area (Å²) in [4.78, 5) is 8.45. The zero-order chi connectivity index (χ0) is 12.6. The lowest BCUT2D eigenvalue weighted by Crippen LogP contribution is -2.18. The van der Waals surface area contributed by atoms with Crippen molar-refractivity contribution in [3.63, 3.8) is 0 Å². The van der Waals surface area contributed by atoms with Gasteiger partial charge in [-0.3, -0.25) is 0 Å². The summed E-state index contributed by atoms with van der Waals surface area (Å²) in [6.45, 7) is 0. The van der Waals surface area contributed by atoms with Gasteiger partial charge in [0.2, 0.25) is 5.95 Å².